The van der Waals surface area contributed by atoms with Crippen LogP contribution in [-0.2, 0) is 9.47 Å². The number of rotatable bonds is 1. The van der Waals surface area contributed by atoms with Crippen LogP contribution >= 0.6 is 12.4 Å². The largest absolute Gasteiger partial charge is 0.352 e. The fourth-order valence-electron chi connectivity index (χ4n) is 2.09. The van der Waals surface area contributed by atoms with Gasteiger partial charge in [0.15, 0.2) is 6.29 Å². The van der Waals surface area contributed by atoms with Gasteiger partial charge in [0.05, 0.1) is 13.2 Å². The third-order valence-electron chi connectivity index (χ3n) is 3.05. The van der Waals surface area contributed by atoms with Gasteiger partial charge < -0.3 is 14.8 Å². The van der Waals surface area contributed by atoms with Gasteiger partial charge in [-0.25, -0.2) is 0 Å². The minimum Gasteiger partial charge on any atom is -0.352 e. The fraction of sp³-hybridized carbons (Fsp3) is 1.00. The molecule has 0 aliphatic carbocycles. The lowest BCUT2D eigenvalue weighted by atomic mass is 9.93. The summed E-state index contributed by atoms with van der Waals surface area (Å²) in [5.41, 5.74) is 0.198. The molecule has 0 unspecified atom stereocenters. The lowest BCUT2D eigenvalue weighted by molar-refractivity contribution is -0.245. The van der Waals surface area contributed by atoms with Crippen LogP contribution in [0.15, 0.2) is 0 Å². The van der Waals surface area contributed by atoms with E-state index in [0.717, 1.165) is 26.3 Å². The van der Waals surface area contributed by atoms with Gasteiger partial charge in [-0.1, -0.05) is 13.8 Å². The molecule has 2 heterocycles. The zero-order chi connectivity index (χ0) is 10.0. The Hall–Kier alpha value is 0.170. The van der Waals surface area contributed by atoms with Gasteiger partial charge in [0.25, 0.3) is 0 Å². The zero-order valence-electron chi connectivity index (χ0n) is 9.62. The van der Waals surface area contributed by atoms with E-state index in [9.17, 15) is 0 Å². The molecule has 0 bridgehead atoms. The first-order chi connectivity index (χ1) is 6.67. The van der Waals surface area contributed by atoms with Gasteiger partial charge in [-0.05, 0) is 25.9 Å². The maximum Gasteiger partial charge on any atom is 0.160 e. The SMILES string of the molecule is CC1(C)COC(C2CCNCC2)OC1.Cl. The summed E-state index contributed by atoms with van der Waals surface area (Å²) in [4.78, 5) is 0. The zero-order valence-corrected chi connectivity index (χ0v) is 10.4. The molecule has 0 amide bonds. The molecule has 90 valence electrons. The van der Waals surface area contributed by atoms with Crippen LogP contribution in [0.2, 0.25) is 0 Å². The molecule has 4 heteroatoms. The Labute approximate surface area is 98.3 Å². The average Bonchev–Trinajstić information content (AvgIpc) is 2.19. The summed E-state index contributed by atoms with van der Waals surface area (Å²) in [6, 6.07) is 0. The van der Waals surface area contributed by atoms with Crippen molar-refractivity contribution >= 4 is 12.4 Å². The summed E-state index contributed by atoms with van der Waals surface area (Å²) in [5, 5.41) is 3.36. The van der Waals surface area contributed by atoms with Crippen molar-refractivity contribution in [3.63, 3.8) is 0 Å². The molecule has 0 radical (unpaired) electrons. The Balaban J connectivity index is 0.00000112. The molecule has 2 aliphatic heterocycles. The molecular formula is C11H22ClNO2. The van der Waals surface area contributed by atoms with Gasteiger partial charge in [0.1, 0.15) is 0 Å². The van der Waals surface area contributed by atoms with Crippen LogP contribution in [0.3, 0.4) is 0 Å². The van der Waals surface area contributed by atoms with Gasteiger partial charge in [-0.2, -0.15) is 0 Å². The molecule has 1 N–H and O–H groups in total. The van der Waals surface area contributed by atoms with E-state index in [-0.39, 0.29) is 24.1 Å². The summed E-state index contributed by atoms with van der Waals surface area (Å²) in [6.07, 6.45) is 2.43. The van der Waals surface area contributed by atoms with E-state index in [1.165, 1.54) is 12.8 Å². The predicted molar refractivity (Wildman–Crippen MR) is 62.3 cm³/mol. The Morgan fingerprint density at radius 1 is 1.07 bits per heavy atom. The second-order valence-electron chi connectivity index (χ2n) is 5.24. The number of hydrogen-bond acceptors (Lipinski definition) is 3. The molecule has 2 rings (SSSR count). The lowest BCUT2D eigenvalue weighted by Gasteiger charge is -2.39. The highest BCUT2D eigenvalue weighted by molar-refractivity contribution is 5.85. The van der Waals surface area contributed by atoms with Crippen molar-refractivity contribution in [2.45, 2.75) is 33.0 Å². The van der Waals surface area contributed by atoms with E-state index in [0.29, 0.717) is 5.92 Å². The molecule has 0 spiro atoms. The minimum atomic E-state index is 0. The highest BCUT2D eigenvalue weighted by Crippen LogP contribution is 2.29. The summed E-state index contributed by atoms with van der Waals surface area (Å²) in [5.74, 6) is 0.604. The first kappa shape index (κ1) is 13.2. The lowest BCUT2D eigenvalue weighted by Crippen LogP contribution is -2.44. The molecule has 0 aromatic heterocycles. The van der Waals surface area contributed by atoms with Crippen LogP contribution in [0.5, 0.6) is 0 Å². The topological polar surface area (TPSA) is 30.5 Å². The number of nitrogens with one attached hydrogen (secondary N) is 1. The summed E-state index contributed by atoms with van der Waals surface area (Å²) < 4.78 is 11.6. The monoisotopic (exact) mass is 235 g/mol. The smallest absolute Gasteiger partial charge is 0.160 e. The van der Waals surface area contributed by atoms with Crippen molar-refractivity contribution in [1.29, 1.82) is 0 Å². The fourth-order valence-corrected chi connectivity index (χ4v) is 2.09. The van der Waals surface area contributed by atoms with Crippen LogP contribution in [0.1, 0.15) is 26.7 Å². The Bertz CT molecular complexity index is 183. The maximum atomic E-state index is 5.78. The van der Waals surface area contributed by atoms with Crippen molar-refractivity contribution in [2.24, 2.45) is 11.3 Å². The van der Waals surface area contributed by atoms with Crippen LogP contribution in [0.25, 0.3) is 0 Å². The van der Waals surface area contributed by atoms with E-state index in [2.05, 4.69) is 19.2 Å². The molecule has 2 fully saturated rings. The normalized spacial score (nSPS) is 28.4. The van der Waals surface area contributed by atoms with E-state index in [1.54, 1.807) is 0 Å². The standard InChI is InChI=1S/C11H21NO2.ClH/c1-11(2)7-13-10(14-8-11)9-3-5-12-6-4-9;/h9-10,12H,3-8H2,1-2H3;1H. The summed E-state index contributed by atoms with van der Waals surface area (Å²) >= 11 is 0. The molecule has 0 atom stereocenters. The molecule has 0 aromatic rings. The first-order valence-corrected chi connectivity index (χ1v) is 5.61. The van der Waals surface area contributed by atoms with Crippen LogP contribution in [0.4, 0.5) is 0 Å². The molecule has 2 saturated heterocycles. The van der Waals surface area contributed by atoms with Gasteiger partial charge in [-0.3, -0.25) is 0 Å². The minimum absolute atomic E-state index is 0. The van der Waals surface area contributed by atoms with Gasteiger partial charge >= 0.3 is 0 Å². The van der Waals surface area contributed by atoms with E-state index < -0.39 is 0 Å². The van der Waals surface area contributed by atoms with E-state index >= 15 is 0 Å². The number of hydrogen-bond donors (Lipinski definition) is 1. The van der Waals surface area contributed by atoms with Crippen molar-refractivity contribution in [2.75, 3.05) is 26.3 Å². The number of ether oxygens (including phenoxy) is 2. The average molecular weight is 236 g/mol. The highest BCUT2D eigenvalue weighted by Gasteiger charge is 2.33. The van der Waals surface area contributed by atoms with Gasteiger partial charge in [-0.15, -0.1) is 12.4 Å². The van der Waals surface area contributed by atoms with Crippen LogP contribution < -0.4 is 5.32 Å². The number of halogens is 1. The predicted octanol–water partition coefficient (Wildman–Crippen LogP) is 1.81. The summed E-state index contributed by atoms with van der Waals surface area (Å²) in [7, 11) is 0. The molecule has 15 heavy (non-hydrogen) atoms. The van der Waals surface area contributed by atoms with Crippen LogP contribution in [-0.4, -0.2) is 32.6 Å². The highest BCUT2D eigenvalue weighted by atomic mass is 35.5. The molecule has 3 nitrogen and oxygen atoms in total. The number of piperidine rings is 1. The quantitative estimate of drug-likeness (QED) is 0.752. The third kappa shape index (κ3) is 3.59. The third-order valence-corrected chi connectivity index (χ3v) is 3.05. The Morgan fingerprint density at radius 2 is 1.60 bits per heavy atom. The second kappa shape index (κ2) is 5.48. The van der Waals surface area contributed by atoms with Crippen molar-refractivity contribution in [3.8, 4) is 0 Å². The van der Waals surface area contributed by atoms with Crippen LogP contribution in [0, 0.1) is 11.3 Å². The van der Waals surface area contributed by atoms with Crippen molar-refractivity contribution < 1.29 is 9.47 Å². The van der Waals surface area contributed by atoms with Crippen molar-refractivity contribution in [3.05, 3.63) is 0 Å². The van der Waals surface area contributed by atoms with Crippen molar-refractivity contribution in [1.82, 2.24) is 5.32 Å². The molecule has 2 aliphatic rings. The van der Waals surface area contributed by atoms with Gasteiger partial charge in [0.2, 0.25) is 0 Å². The molecule has 0 aromatic carbocycles. The van der Waals surface area contributed by atoms with Gasteiger partial charge in [0, 0.05) is 11.3 Å². The Kier molecular flexibility index (Phi) is 4.84. The van der Waals surface area contributed by atoms with E-state index in [1.807, 2.05) is 0 Å². The first-order valence-electron chi connectivity index (χ1n) is 5.61. The molecular weight excluding hydrogens is 214 g/mol. The summed E-state index contributed by atoms with van der Waals surface area (Å²) in [6.45, 7) is 8.26. The van der Waals surface area contributed by atoms with E-state index in [4.69, 9.17) is 9.47 Å². The molecule has 0 saturated carbocycles. The second-order valence-corrected chi connectivity index (χ2v) is 5.24. The maximum absolute atomic E-state index is 5.78. The Morgan fingerprint density at radius 3 is 2.13 bits per heavy atom.